The number of β-amino-alcohol motifs (C(OH)–C–C–N with tert-alkyl or cyclic N) is 1. The Morgan fingerprint density at radius 2 is 2.16 bits per heavy atom. The highest BCUT2D eigenvalue weighted by molar-refractivity contribution is 6.06. The number of benzene rings is 1. The Balaban J connectivity index is 1.57. The van der Waals surface area contributed by atoms with Gasteiger partial charge in [0.2, 0.25) is 0 Å². The predicted molar refractivity (Wildman–Crippen MR) is 93.0 cm³/mol. The standard InChI is InChI=1S/C19H26N2O4/c1-3-19(2)17(23)21(18(24)20-19)11-14(22)12-25-16-10-6-8-13-7-4-5-9-15(13)16/h4-5,7,9,14,16,22H,3,6,8,10-12H2,1-2H3,(H,20,24). The van der Waals surface area contributed by atoms with Crippen molar-refractivity contribution in [2.75, 3.05) is 13.2 Å². The Morgan fingerprint density at radius 1 is 1.40 bits per heavy atom. The largest absolute Gasteiger partial charge is 0.389 e. The quantitative estimate of drug-likeness (QED) is 0.774. The lowest BCUT2D eigenvalue weighted by atomic mass is 9.89. The zero-order valence-electron chi connectivity index (χ0n) is 14.8. The van der Waals surface area contributed by atoms with Gasteiger partial charge in [0, 0.05) is 0 Å². The second kappa shape index (κ2) is 7.14. The van der Waals surface area contributed by atoms with Crippen molar-refractivity contribution in [1.29, 1.82) is 0 Å². The van der Waals surface area contributed by atoms with Crippen LogP contribution in [-0.2, 0) is 16.0 Å². The maximum Gasteiger partial charge on any atom is 0.325 e. The fraction of sp³-hybridized carbons (Fsp3) is 0.579. The molecule has 1 heterocycles. The molecule has 3 atom stereocenters. The number of hydrogen-bond donors (Lipinski definition) is 2. The van der Waals surface area contributed by atoms with E-state index in [-0.39, 0.29) is 25.2 Å². The number of carbonyl (C=O) groups excluding carboxylic acids is 2. The first-order chi connectivity index (χ1) is 11.9. The summed E-state index contributed by atoms with van der Waals surface area (Å²) < 4.78 is 5.91. The van der Waals surface area contributed by atoms with Gasteiger partial charge in [-0.25, -0.2) is 4.79 Å². The molecule has 2 aliphatic rings. The molecule has 6 nitrogen and oxygen atoms in total. The lowest BCUT2D eigenvalue weighted by Gasteiger charge is -2.27. The number of rotatable bonds is 6. The molecule has 0 radical (unpaired) electrons. The van der Waals surface area contributed by atoms with Crippen molar-refractivity contribution >= 4 is 11.9 Å². The van der Waals surface area contributed by atoms with Gasteiger partial charge in [0.15, 0.2) is 0 Å². The number of nitrogens with zero attached hydrogens (tertiary/aromatic N) is 1. The first-order valence-electron chi connectivity index (χ1n) is 8.96. The average Bonchev–Trinajstić information content (AvgIpc) is 2.83. The Labute approximate surface area is 148 Å². The minimum absolute atomic E-state index is 0.0383. The van der Waals surface area contributed by atoms with Crippen molar-refractivity contribution in [2.45, 2.75) is 57.3 Å². The van der Waals surface area contributed by atoms with Crippen molar-refractivity contribution in [2.24, 2.45) is 0 Å². The van der Waals surface area contributed by atoms with Gasteiger partial charge in [0.05, 0.1) is 25.4 Å². The molecule has 1 aliphatic carbocycles. The maximum atomic E-state index is 12.4. The molecule has 1 aliphatic heterocycles. The van der Waals surface area contributed by atoms with Gasteiger partial charge in [0.25, 0.3) is 5.91 Å². The van der Waals surface area contributed by atoms with Gasteiger partial charge < -0.3 is 15.2 Å². The molecule has 136 valence electrons. The van der Waals surface area contributed by atoms with Crippen LogP contribution >= 0.6 is 0 Å². The van der Waals surface area contributed by atoms with Crippen LogP contribution in [0.5, 0.6) is 0 Å². The fourth-order valence-corrected chi connectivity index (χ4v) is 3.53. The van der Waals surface area contributed by atoms with E-state index in [4.69, 9.17) is 4.74 Å². The van der Waals surface area contributed by atoms with Gasteiger partial charge >= 0.3 is 6.03 Å². The third kappa shape index (κ3) is 3.55. The SMILES string of the molecule is CCC1(C)NC(=O)N(CC(O)COC2CCCc3ccccc32)C1=O. The summed E-state index contributed by atoms with van der Waals surface area (Å²) in [4.78, 5) is 25.5. The molecule has 3 unspecified atom stereocenters. The fourth-order valence-electron chi connectivity index (χ4n) is 3.53. The average molecular weight is 346 g/mol. The molecule has 1 aromatic carbocycles. The molecular weight excluding hydrogens is 320 g/mol. The number of aliphatic hydroxyl groups excluding tert-OH is 1. The molecule has 3 rings (SSSR count). The smallest absolute Gasteiger partial charge is 0.325 e. The molecule has 0 aromatic heterocycles. The lowest BCUT2D eigenvalue weighted by molar-refractivity contribution is -0.132. The van der Waals surface area contributed by atoms with E-state index >= 15 is 0 Å². The molecule has 6 heteroatoms. The zero-order chi connectivity index (χ0) is 18.0. The third-order valence-corrected chi connectivity index (χ3v) is 5.25. The predicted octanol–water partition coefficient (Wildman–Crippen LogP) is 2.16. The van der Waals surface area contributed by atoms with E-state index in [0.29, 0.717) is 6.42 Å². The van der Waals surface area contributed by atoms with Crippen LogP contribution in [-0.4, -0.2) is 46.7 Å². The highest BCUT2D eigenvalue weighted by atomic mass is 16.5. The van der Waals surface area contributed by atoms with Crippen molar-refractivity contribution in [1.82, 2.24) is 10.2 Å². The molecule has 2 N–H and O–H groups in total. The summed E-state index contributed by atoms with van der Waals surface area (Å²) in [7, 11) is 0. The number of nitrogens with one attached hydrogen (secondary N) is 1. The van der Waals surface area contributed by atoms with Gasteiger partial charge in [0.1, 0.15) is 5.54 Å². The Kier molecular flexibility index (Phi) is 5.11. The first-order valence-corrected chi connectivity index (χ1v) is 8.96. The van der Waals surface area contributed by atoms with Crippen molar-refractivity contribution in [3.8, 4) is 0 Å². The van der Waals surface area contributed by atoms with Crippen LogP contribution < -0.4 is 5.32 Å². The topological polar surface area (TPSA) is 78.9 Å². The van der Waals surface area contributed by atoms with Gasteiger partial charge in [-0.2, -0.15) is 0 Å². The van der Waals surface area contributed by atoms with E-state index in [9.17, 15) is 14.7 Å². The zero-order valence-corrected chi connectivity index (χ0v) is 14.8. The van der Waals surface area contributed by atoms with Crippen molar-refractivity contribution in [3.05, 3.63) is 35.4 Å². The Bertz CT molecular complexity index is 663. The van der Waals surface area contributed by atoms with Crippen LogP contribution in [0.2, 0.25) is 0 Å². The molecule has 1 aromatic rings. The highest BCUT2D eigenvalue weighted by Gasteiger charge is 2.46. The first kappa shape index (κ1) is 17.9. The van der Waals surface area contributed by atoms with Gasteiger partial charge in [-0.15, -0.1) is 0 Å². The summed E-state index contributed by atoms with van der Waals surface area (Å²) in [5, 5.41) is 13.0. The number of urea groups is 1. The molecule has 1 fully saturated rings. The molecule has 3 amide bonds. The molecule has 1 saturated heterocycles. The second-order valence-electron chi connectivity index (χ2n) is 7.10. The summed E-state index contributed by atoms with van der Waals surface area (Å²) in [6, 6.07) is 7.75. The number of ether oxygens (including phenoxy) is 1. The summed E-state index contributed by atoms with van der Waals surface area (Å²) in [5.41, 5.74) is 1.59. The van der Waals surface area contributed by atoms with E-state index in [1.807, 2.05) is 19.1 Å². The maximum absolute atomic E-state index is 12.4. The summed E-state index contributed by atoms with van der Waals surface area (Å²) in [6.45, 7) is 3.60. The minimum Gasteiger partial charge on any atom is -0.389 e. The van der Waals surface area contributed by atoms with E-state index in [0.717, 1.165) is 24.2 Å². The monoisotopic (exact) mass is 346 g/mol. The van der Waals surface area contributed by atoms with Crippen LogP contribution in [0.15, 0.2) is 24.3 Å². The van der Waals surface area contributed by atoms with Crippen molar-refractivity contribution in [3.63, 3.8) is 0 Å². The molecule has 0 saturated carbocycles. The van der Waals surface area contributed by atoms with E-state index in [1.54, 1.807) is 6.92 Å². The minimum atomic E-state index is -0.900. The number of hydrogen-bond acceptors (Lipinski definition) is 4. The van der Waals surface area contributed by atoms with E-state index in [2.05, 4.69) is 17.4 Å². The number of carbonyl (C=O) groups is 2. The normalized spacial score (nSPS) is 27.2. The number of aryl methyl sites for hydroxylation is 1. The number of aliphatic hydroxyl groups is 1. The van der Waals surface area contributed by atoms with Gasteiger partial charge in [-0.3, -0.25) is 9.69 Å². The van der Waals surface area contributed by atoms with Gasteiger partial charge in [-0.05, 0) is 43.7 Å². The van der Waals surface area contributed by atoms with Crippen LogP contribution in [0.3, 0.4) is 0 Å². The van der Waals surface area contributed by atoms with Crippen LogP contribution in [0.4, 0.5) is 4.79 Å². The molecule has 25 heavy (non-hydrogen) atoms. The lowest BCUT2D eigenvalue weighted by Crippen LogP contribution is -2.44. The number of fused-ring (bicyclic) bond motifs is 1. The number of amides is 3. The van der Waals surface area contributed by atoms with Crippen LogP contribution in [0.1, 0.15) is 50.3 Å². The molecule has 0 spiro atoms. The van der Waals surface area contributed by atoms with Crippen LogP contribution in [0, 0.1) is 0 Å². The Hall–Kier alpha value is -1.92. The summed E-state index contributed by atoms with van der Waals surface area (Å²) in [5.74, 6) is -0.290. The highest BCUT2D eigenvalue weighted by Crippen LogP contribution is 2.32. The summed E-state index contributed by atoms with van der Waals surface area (Å²) in [6.07, 6.45) is 2.60. The molecular formula is C19H26N2O4. The van der Waals surface area contributed by atoms with E-state index < -0.39 is 17.7 Å². The third-order valence-electron chi connectivity index (χ3n) is 5.25. The second-order valence-corrected chi connectivity index (χ2v) is 7.10. The van der Waals surface area contributed by atoms with E-state index in [1.165, 1.54) is 11.1 Å². The van der Waals surface area contributed by atoms with Crippen LogP contribution in [0.25, 0.3) is 0 Å². The molecule has 0 bridgehead atoms. The Morgan fingerprint density at radius 3 is 2.88 bits per heavy atom. The summed E-state index contributed by atoms with van der Waals surface area (Å²) >= 11 is 0. The number of imide groups is 1. The van der Waals surface area contributed by atoms with Gasteiger partial charge in [-0.1, -0.05) is 31.2 Å². The van der Waals surface area contributed by atoms with Crippen molar-refractivity contribution < 1.29 is 19.4 Å².